The summed E-state index contributed by atoms with van der Waals surface area (Å²) >= 11 is 0. The topological polar surface area (TPSA) is 77.8 Å². The van der Waals surface area contributed by atoms with Crippen LogP contribution < -0.4 is 5.73 Å². The average Bonchev–Trinajstić information content (AvgIpc) is 2.99. The van der Waals surface area contributed by atoms with Crippen LogP contribution in [-0.4, -0.2) is 15.1 Å². The SMILES string of the molecule is CCC1CCC(N)(c2nc(-c3cnccc3C)no2)CC1. The lowest BCUT2D eigenvalue weighted by Crippen LogP contribution is -2.40. The van der Waals surface area contributed by atoms with Gasteiger partial charge in [-0.2, -0.15) is 4.98 Å². The quantitative estimate of drug-likeness (QED) is 0.937. The number of aromatic nitrogens is 3. The molecule has 1 saturated carbocycles. The molecule has 112 valence electrons. The summed E-state index contributed by atoms with van der Waals surface area (Å²) in [5.41, 5.74) is 8.03. The first-order valence-electron chi connectivity index (χ1n) is 7.66. The first kappa shape index (κ1) is 14.2. The van der Waals surface area contributed by atoms with Gasteiger partial charge in [-0.25, -0.2) is 0 Å². The minimum atomic E-state index is -0.465. The van der Waals surface area contributed by atoms with Gasteiger partial charge in [0.05, 0.1) is 5.54 Å². The Hall–Kier alpha value is -1.75. The third-order valence-electron chi connectivity index (χ3n) is 4.71. The molecule has 0 bridgehead atoms. The molecule has 0 aliphatic heterocycles. The monoisotopic (exact) mass is 286 g/mol. The maximum Gasteiger partial charge on any atom is 0.247 e. The Kier molecular flexibility index (Phi) is 3.76. The van der Waals surface area contributed by atoms with Crippen LogP contribution in [0.15, 0.2) is 23.0 Å². The Morgan fingerprint density at radius 2 is 2.14 bits per heavy atom. The molecule has 1 aliphatic carbocycles. The summed E-state index contributed by atoms with van der Waals surface area (Å²) in [7, 11) is 0. The predicted octanol–water partition coefficient (Wildman–Crippen LogP) is 3.19. The molecule has 2 heterocycles. The number of aryl methyl sites for hydroxylation is 1. The molecular weight excluding hydrogens is 264 g/mol. The van der Waals surface area contributed by atoms with E-state index in [0.29, 0.717) is 11.7 Å². The van der Waals surface area contributed by atoms with E-state index in [4.69, 9.17) is 10.3 Å². The van der Waals surface area contributed by atoms with Gasteiger partial charge in [-0.05, 0) is 50.2 Å². The van der Waals surface area contributed by atoms with Crippen molar-refractivity contribution < 1.29 is 4.52 Å². The lowest BCUT2D eigenvalue weighted by molar-refractivity contribution is 0.181. The molecule has 0 atom stereocenters. The van der Waals surface area contributed by atoms with Crippen molar-refractivity contribution in [3.63, 3.8) is 0 Å². The van der Waals surface area contributed by atoms with Crippen LogP contribution in [0.2, 0.25) is 0 Å². The molecule has 1 aliphatic rings. The smallest absolute Gasteiger partial charge is 0.247 e. The van der Waals surface area contributed by atoms with E-state index >= 15 is 0 Å². The Morgan fingerprint density at radius 3 is 2.81 bits per heavy atom. The largest absolute Gasteiger partial charge is 0.337 e. The van der Waals surface area contributed by atoms with Gasteiger partial charge in [-0.1, -0.05) is 18.5 Å². The van der Waals surface area contributed by atoms with Gasteiger partial charge >= 0.3 is 0 Å². The van der Waals surface area contributed by atoms with Gasteiger partial charge in [0.15, 0.2) is 0 Å². The molecule has 3 rings (SSSR count). The van der Waals surface area contributed by atoms with Gasteiger partial charge in [0.1, 0.15) is 0 Å². The van der Waals surface area contributed by atoms with Crippen LogP contribution in [0, 0.1) is 12.8 Å². The van der Waals surface area contributed by atoms with Gasteiger partial charge in [0.25, 0.3) is 0 Å². The zero-order valence-corrected chi connectivity index (χ0v) is 12.7. The van der Waals surface area contributed by atoms with E-state index in [1.165, 1.54) is 6.42 Å². The molecular formula is C16H22N4O. The van der Waals surface area contributed by atoms with E-state index in [9.17, 15) is 0 Å². The third kappa shape index (κ3) is 2.70. The molecule has 0 aromatic carbocycles. The van der Waals surface area contributed by atoms with E-state index in [2.05, 4.69) is 22.0 Å². The van der Waals surface area contributed by atoms with Crippen LogP contribution >= 0.6 is 0 Å². The van der Waals surface area contributed by atoms with Crippen molar-refractivity contribution in [3.05, 3.63) is 29.9 Å². The van der Waals surface area contributed by atoms with Crippen molar-refractivity contribution in [2.75, 3.05) is 0 Å². The van der Waals surface area contributed by atoms with Gasteiger partial charge in [0.2, 0.25) is 11.7 Å². The van der Waals surface area contributed by atoms with E-state index < -0.39 is 5.54 Å². The van der Waals surface area contributed by atoms with Crippen molar-refractivity contribution in [2.45, 2.75) is 51.5 Å². The Bertz CT molecular complexity index is 614. The molecule has 0 amide bonds. The first-order valence-corrected chi connectivity index (χ1v) is 7.66. The summed E-state index contributed by atoms with van der Waals surface area (Å²) in [6.45, 7) is 4.25. The summed E-state index contributed by atoms with van der Waals surface area (Å²) in [6, 6.07) is 1.94. The van der Waals surface area contributed by atoms with Crippen LogP contribution in [0.1, 0.15) is 50.5 Å². The molecule has 0 saturated heterocycles. The van der Waals surface area contributed by atoms with Crippen molar-refractivity contribution >= 4 is 0 Å². The number of hydrogen-bond donors (Lipinski definition) is 1. The average molecular weight is 286 g/mol. The van der Waals surface area contributed by atoms with Crippen molar-refractivity contribution in [2.24, 2.45) is 11.7 Å². The van der Waals surface area contributed by atoms with E-state index in [1.54, 1.807) is 12.4 Å². The fourth-order valence-electron chi connectivity index (χ4n) is 3.05. The minimum absolute atomic E-state index is 0.465. The highest BCUT2D eigenvalue weighted by Crippen LogP contribution is 2.38. The summed E-state index contributed by atoms with van der Waals surface area (Å²) < 4.78 is 5.47. The molecule has 1 fully saturated rings. The van der Waals surface area contributed by atoms with Gasteiger partial charge in [-0.3, -0.25) is 4.98 Å². The van der Waals surface area contributed by atoms with Crippen LogP contribution in [0.5, 0.6) is 0 Å². The highest BCUT2D eigenvalue weighted by molar-refractivity contribution is 5.57. The molecule has 0 radical (unpaired) electrons. The number of hydrogen-bond acceptors (Lipinski definition) is 5. The minimum Gasteiger partial charge on any atom is -0.337 e. The number of rotatable bonds is 3. The van der Waals surface area contributed by atoms with Crippen molar-refractivity contribution in [1.29, 1.82) is 0 Å². The maximum absolute atomic E-state index is 6.51. The molecule has 0 unspecified atom stereocenters. The fraction of sp³-hybridized carbons (Fsp3) is 0.562. The fourth-order valence-corrected chi connectivity index (χ4v) is 3.05. The zero-order valence-electron chi connectivity index (χ0n) is 12.7. The molecule has 5 heteroatoms. The van der Waals surface area contributed by atoms with Crippen LogP contribution in [0.25, 0.3) is 11.4 Å². The predicted molar refractivity (Wildman–Crippen MR) is 80.4 cm³/mol. The Balaban J connectivity index is 1.84. The maximum atomic E-state index is 6.51. The molecule has 21 heavy (non-hydrogen) atoms. The lowest BCUT2D eigenvalue weighted by Gasteiger charge is -2.33. The molecule has 5 nitrogen and oxygen atoms in total. The van der Waals surface area contributed by atoms with Crippen molar-refractivity contribution in [1.82, 2.24) is 15.1 Å². The third-order valence-corrected chi connectivity index (χ3v) is 4.71. The second kappa shape index (κ2) is 5.56. The van der Waals surface area contributed by atoms with E-state index in [0.717, 1.165) is 42.7 Å². The molecule has 2 N–H and O–H groups in total. The summed E-state index contributed by atoms with van der Waals surface area (Å²) in [6.07, 6.45) is 8.85. The summed E-state index contributed by atoms with van der Waals surface area (Å²) in [5, 5.41) is 4.10. The van der Waals surface area contributed by atoms with Gasteiger partial charge in [0, 0.05) is 18.0 Å². The van der Waals surface area contributed by atoms with Gasteiger partial charge < -0.3 is 10.3 Å². The number of nitrogens with two attached hydrogens (primary N) is 1. The summed E-state index contributed by atoms with van der Waals surface area (Å²) in [5.74, 6) is 1.93. The number of pyridine rings is 1. The van der Waals surface area contributed by atoms with E-state index in [-0.39, 0.29) is 0 Å². The molecule has 2 aromatic rings. The second-order valence-electron chi connectivity index (χ2n) is 6.12. The van der Waals surface area contributed by atoms with Crippen LogP contribution in [0.4, 0.5) is 0 Å². The highest BCUT2D eigenvalue weighted by Gasteiger charge is 2.37. The number of nitrogens with zero attached hydrogens (tertiary/aromatic N) is 3. The van der Waals surface area contributed by atoms with Crippen LogP contribution in [-0.2, 0) is 5.54 Å². The second-order valence-corrected chi connectivity index (χ2v) is 6.12. The first-order chi connectivity index (χ1) is 10.1. The van der Waals surface area contributed by atoms with Crippen molar-refractivity contribution in [3.8, 4) is 11.4 Å². The Morgan fingerprint density at radius 1 is 1.38 bits per heavy atom. The highest BCUT2D eigenvalue weighted by atomic mass is 16.5. The van der Waals surface area contributed by atoms with Gasteiger partial charge in [-0.15, -0.1) is 0 Å². The van der Waals surface area contributed by atoms with E-state index in [1.807, 2.05) is 13.0 Å². The Labute approximate surface area is 125 Å². The summed E-state index contributed by atoms with van der Waals surface area (Å²) in [4.78, 5) is 8.67. The standard InChI is InChI=1S/C16H22N4O/c1-3-12-4-7-16(17,8-5-12)15-19-14(20-21-15)13-10-18-9-6-11(13)2/h6,9-10,12H,3-5,7-8,17H2,1-2H3. The lowest BCUT2D eigenvalue weighted by atomic mass is 9.76. The molecule has 2 aromatic heterocycles. The normalized spacial score (nSPS) is 26.0. The zero-order chi connectivity index (χ0) is 14.9. The molecule has 0 spiro atoms. The van der Waals surface area contributed by atoms with Crippen LogP contribution in [0.3, 0.4) is 0 Å².